The minimum Gasteiger partial charge on any atom is -0.492 e. The van der Waals surface area contributed by atoms with Gasteiger partial charge < -0.3 is 10.1 Å². The molecule has 1 unspecified atom stereocenters. The van der Waals surface area contributed by atoms with Gasteiger partial charge in [0.15, 0.2) is 0 Å². The molecule has 102 valence electrons. The first-order valence-electron chi connectivity index (χ1n) is 6.73. The summed E-state index contributed by atoms with van der Waals surface area (Å²) in [5, 5.41) is 4.24. The number of nitrogens with one attached hydrogen (secondary N) is 1. The highest BCUT2D eigenvalue weighted by Gasteiger charge is 2.10. The lowest BCUT2D eigenvalue weighted by atomic mass is 10.0. The number of benzene rings is 1. The molecular weight excluding hydrogens is 246 g/mol. The second kappa shape index (κ2) is 8.39. The van der Waals surface area contributed by atoms with Crippen molar-refractivity contribution in [2.24, 2.45) is 5.92 Å². The van der Waals surface area contributed by atoms with Crippen LogP contribution in [0.2, 0.25) is 5.02 Å². The number of rotatable bonds is 8. The van der Waals surface area contributed by atoms with Crippen LogP contribution in [-0.2, 0) is 0 Å². The number of hydrogen-bond donors (Lipinski definition) is 1. The van der Waals surface area contributed by atoms with Crippen molar-refractivity contribution in [3.05, 3.63) is 29.3 Å². The van der Waals surface area contributed by atoms with E-state index in [9.17, 15) is 0 Å². The van der Waals surface area contributed by atoms with E-state index in [0.717, 1.165) is 30.2 Å². The van der Waals surface area contributed by atoms with Gasteiger partial charge in [-0.1, -0.05) is 38.4 Å². The standard InChI is InChI=1S/C15H24ClNO/c1-4-8-17-14(9-12(2)3)11-18-15-7-5-6-13(16)10-15/h5-7,10,12,14,17H,4,8-9,11H2,1-3H3. The minimum atomic E-state index is 0.406. The zero-order valence-electron chi connectivity index (χ0n) is 11.6. The lowest BCUT2D eigenvalue weighted by Gasteiger charge is -2.21. The Kier molecular flexibility index (Phi) is 7.14. The summed E-state index contributed by atoms with van der Waals surface area (Å²) in [6, 6.07) is 7.97. The molecule has 0 aliphatic heterocycles. The molecule has 0 amide bonds. The Morgan fingerprint density at radius 3 is 2.72 bits per heavy atom. The summed E-state index contributed by atoms with van der Waals surface area (Å²) in [6.45, 7) is 8.38. The third-order valence-corrected chi connectivity index (χ3v) is 2.92. The van der Waals surface area contributed by atoms with Crippen molar-refractivity contribution in [1.82, 2.24) is 5.32 Å². The molecule has 0 bridgehead atoms. The van der Waals surface area contributed by atoms with Crippen LogP contribution in [-0.4, -0.2) is 19.2 Å². The van der Waals surface area contributed by atoms with Gasteiger partial charge in [-0.25, -0.2) is 0 Å². The fourth-order valence-corrected chi connectivity index (χ4v) is 2.06. The smallest absolute Gasteiger partial charge is 0.120 e. The van der Waals surface area contributed by atoms with Crippen LogP contribution >= 0.6 is 11.6 Å². The normalized spacial score (nSPS) is 12.7. The SMILES string of the molecule is CCCNC(COc1cccc(Cl)c1)CC(C)C. The topological polar surface area (TPSA) is 21.3 Å². The van der Waals surface area contributed by atoms with Crippen LogP contribution in [0.4, 0.5) is 0 Å². The Labute approximate surface area is 116 Å². The molecule has 0 spiro atoms. The summed E-state index contributed by atoms with van der Waals surface area (Å²) in [4.78, 5) is 0. The molecular formula is C15H24ClNO. The van der Waals surface area contributed by atoms with Crippen molar-refractivity contribution >= 4 is 11.6 Å². The Morgan fingerprint density at radius 1 is 1.33 bits per heavy atom. The van der Waals surface area contributed by atoms with Crippen molar-refractivity contribution in [2.45, 2.75) is 39.7 Å². The molecule has 1 rings (SSSR count). The Balaban J connectivity index is 2.44. The predicted octanol–water partition coefficient (Wildman–Crippen LogP) is 4.13. The molecule has 0 saturated heterocycles. The molecule has 0 aliphatic carbocycles. The molecule has 0 saturated carbocycles. The van der Waals surface area contributed by atoms with Crippen LogP contribution in [0.5, 0.6) is 5.75 Å². The molecule has 1 aromatic carbocycles. The van der Waals surface area contributed by atoms with Crippen molar-refractivity contribution in [3.8, 4) is 5.75 Å². The molecule has 3 heteroatoms. The number of ether oxygens (including phenoxy) is 1. The number of halogens is 1. The highest BCUT2D eigenvalue weighted by atomic mass is 35.5. The van der Waals surface area contributed by atoms with Gasteiger partial charge in [0.2, 0.25) is 0 Å². The summed E-state index contributed by atoms with van der Waals surface area (Å²) in [6.07, 6.45) is 2.27. The Hall–Kier alpha value is -0.730. The van der Waals surface area contributed by atoms with Gasteiger partial charge in [0.1, 0.15) is 12.4 Å². The lowest BCUT2D eigenvalue weighted by molar-refractivity contribution is 0.244. The van der Waals surface area contributed by atoms with Gasteiger partial charge in [-0.3, -0.25) is 0 Å². The first-order valence-corrected chi connectivity index (χ1v) is 7.11. The zero-order valence-corrected chi connectivity index (χ0v) is 12.3. The molecule has 0 aromatic heterocycles. The lowest BCUT2D eigenvalue weighted by Crippen LogP contribution is -2.36. The van der Waals surface area contributed by atoms with E-state index in [2.05, 4.69) is 26.1 Å². The predicted molar refractivity (Wildman–Crippen MR) is 78.5 cm³/mol. The van der Waals surface area contributed by atoms with Gasteiger partial charge in [0, 0.05) is 11.1 Å². The van der Waals surface area contributed by atoms with E-state index in [1.54, 1.807) is 0 Å². The molecule has 1 N–H and O–H groups in total. The molecule has 2 nitrogen and oxygen atoms in total. The Morgan fingerprint density at radius 2 is 2.11 bits per heavy atom. The molecule has 0 aliphatic rings. The summed E-state index contributed by atoms with van der Waals surface area (Å²) < 4.78 is 5.80. The molecule has 1 aromatic rings. The van der Waals surface area contributed by atoms with Crippen molar-refractivity contribution in [3.63, 3.8) is 0 Å². The van der Waals surface area contributed by atoms with Crippen molar-refractivity contribution in [2.75, 3.05) is 13.2 Å². The van der Waals surface area contributed by atoms with Crippen LogP contribution in [0.3, 0.4) is 0 Å². The van der Waals surface area contributed by atoms with Gasteiger partial charge in [-0.05, 0) is 43.5 Å². The summed E-state index contributed by atoms with van der Waals surface area (Å²) in [7, 11) is 0. The first-order chi connectivity index (χ1) is 8.61. The maximum atomic E-state index is 5.93. The van der Waals surface area contributed by atoms with Gasteiger partial charge in [-0.2, -0.15) is 0 Å². The van der Waals surface area contributed by atoms with E-state index in [4.69, 9.17) is 16.3 Å². The summed E-state index contributed by atoms with van der Waals surface area (Å²) >= 11 is 5.93. The summed E-state index contributed by atoms with van der Waals surface area (Å²) in [5.41, 5.74) is 0. The largest absolute Gasteiger partial charge is 0.492 e. The average molecular weight is 270 g/mol. The highest BCUT2D eigenvalue weighted by Crippen LogP contribution is 2.17. The van der Waals surface area contributed by atoms with Crippen molar-refractivity contribution in [1.29, 1.82) is 0 Å². The monoisotopic (exact) mass is 269 g/mol. The Bertz CT molecular complexity index is 341. The fraction of sp³-hybridized carbons (Fsp3) is 0.600. The highest BCUT2D eigenvalue weighted by molar-refractivity contribution is 6.30. The van der Waals surface area contributed by atoms with Gasteiger partial charge in [0.05, 0.1) is 0 Å². The zero-order chi connectivity index (χ0) is 13.4. The van der Waals surface area contributed by atoms with Gasteiger partial charge in [0.25, 0.3) is 0 Å². The average Bonchev–Trinajstić information content (AvgIpc) is 2.32. The molecule has 0 heterocycles. The van der Waals surface area contributed by atoms with E-state index in [1.807, 2.05) is 24.3 Å². The second-order valence-corrected chi connectivity index (χ2v) is 5.49. The third kappa shape index (κ3) is 6.27. The summed E-state index contributed by atoms with van der Waals surface area (Å²) in [5.74, 6) is 1.51. The van der Waals surface area contributed by atoms with E-state index in [0.29, 0.717) is 18.6 Å². The third-order valence-electron chi connectivity index (χ3n) is 2.69. The fourth-order valence-electron chi connectivity index (χ4n) is 1.88. The second-order valence-electron chi connectivity index (χ2n) is 5.05. The van der Waals surface area contributed by atoms with Gasteiger partial charge >= 0.3 is 0 Å². The maximum absolute atomic E-state index is 5.93. The van der Waals surface area contributed by atoms with E-state index in [1.165, 1.54) is 0 Å². The quantitative estimate of drug-likeness (QED) is 0.766. The molecule has 1 atom stereocenters. The van der Waals surface area contributed by atoms with E-state index < -0.39 is 0 Å². The van der Waals surface area contributed by atoms with E-state index >= 15 is 0 Å². The molecule has 0 radical (unpaired) electrons. The van der Waals surface area contributed by atoms with Crippen LogP contribution in [0.25, 0.3) is 0 Å². The van der Waals surface area contributed by atoms with Crippen LogP contribution < -0.4 is 10.1 Å². The van der Waals surface area contributed by atoms with Crippen LogP contribution in [0.15, 0.2) is 24.3 Å². The molecule has 0 fully saturated rings. The van der Waals surface area contributed by atoms with Crippen LogP contribution in [0.1, 0.15) is 33.6 Å². The first kappa shape index (κ1) is 15.3. The maximum Gasteiger partial charge on any atom is 0.120 e. The minimum absolute atomic E-state index is 0.406. The number of hydrogen-bond acceptors (Lipinski definition) is 2. The van der Waals surface area contributed by atoms with Crippen LogP contribution in [0, 0.1) is 5.92 Å². The van der Waals surface area contributed by atoms with Gasteiger partial charge in [-0.15, -0.1) is 0 Å². The van der Waals surface area contributed by atoms with E-state index in [-0.39, 0.29) is 0 Å². The molecule has 18 heavy (non-hydrogen) atoms. The van der Waals surface area contributed by atoms with Crippen molar-refractivity contribution < 1.29 is 4.74 Å².